The smallest absolute Gasteiger partial charge is 0.122 e. The van der Waals surface area contributed by atoms with Crippen LogP contribution in [0.3, 0.4) is 0 Å². The van der Waals surface area contributed by atoms with E-state index < -0.39 is 0 Å². The first-order valence-corrected chi connectivity index (χ1v) is 7.09. The number of nitrogens with one attached hydrogen (secondary N) is 1. The SMILES string of the molecule is CCNCC1(c2ccccc2OC)CCCC1C. The van der Waals surface area contributed by atoms with Gasteiger partial charge in [-0.25, -0.2) is 0 Å². The molecular weight excluding hydrogens is 222 g/mol. The average molecular weight is 247 g/mol. The first-order valence-electron chi connectivity index (χ1n) is 7.09. The number of hydrogen-bond donors (Lipinski definition) is 1. The molecule has 2 atom stereocenters. The molecule has 100 valence electrons. The van der Waals surface area contributed by atoms with E-state index in [9.17, 15) is 0 Å². The molecule has 2 nitrogen and oxygen atoms in total. The maximum Gasteiger partial charge on any atom is 0.122 e. The van der Waals surface area contributed by atoms with E-state index in [1.54, 1.807) is 7.11 Å². The van der Waals surface area contributed by atoms with E-state index in [4.69, 9.17) is 4.74 Å². The van der Waals surface area contributed by atoms with Crippen molar-refractivity contribution in [1.29, 1.82) is 0 Å². The minimum atomic E-state index is 0.253. The van der Waals surface area contributed by atoms with Gasteiger partial charge in [0.25, 0.3) is 0 Å². The third-order valence-corrected chi connectivity index (χ3v) is 4.54. The number of hydrogen-bond acceptors (Lipinski definition) is 2. The topological polar surface area (TPSA) is 21.3 Å². The van der Waals surface area contributed by atoms with Gasteiger partial charge < -0.3 is 10.1 Å². The first kappa shape index (κ1) is 13.4. The summed E-state index contributed by atoms with van der Waals surface area (Å²) >= 11 is 0. The van der Waals surface area contributed by atoms with Gasteiger partial charge in [-0.1, -0.05) is 38.5 Å². The summed E-state index contributed by atoms with van der Waals surface area (Å²) in [7, 11) is 1.78. The fourth-order valence-corrected chi connectivity index (χ4v) is 3.41. The zero-order valence-electron chi connectivity index (χ0n) is 11.8. The second-order valence-corrected chi connectivity index (χ2v) is 5.43. The van der Waals surface area contributed by atoms with E-state index in [1.165, 1.54) is 24.8 Å². The Kier molecular flexibility index (Phi) is 4.28. The van der Waals surface area contributed by atoms with Crippen LogP contribution in [-0.4, -0.2) is 20.2 Å². The summed E-state index contributed by atoms with van der Waals surface area (Å²) in [5.41, 5.74) is 1.64. The molecule has 1 aromatic rings. The van der Waals surface area contributed by atoms with E-state index >= 15 is 0 Å². The molecule has 0 spiro atoms. The maximum atomic E-state index is 5.58. The molecule has 1 saturated carbocycles. The summed E-state index contributed by atoms with van der Waals surface area (Å²) in [6.07, 6.45) is 3.91. The van der Waals surface area contributed by atoms with Crippen molar-refractivity contribution in [2.75, 3.05) is 20.2 Å². The lowest BCUT2D eigenvalue weighted by atomic mass is 9.72. The molecule has 2 heteroatoms. The van der Waals surface area contributed by atoms with Crippen LogP contribution in [-0.2, 0) is 5.41 Å². The van der Waals surface area contributed by atoms with Crippen molar-refractivity contribution in [2.45, 2.75) is 38.5 Å². The highest BCUT2D eigenvalue weighted by Gasteiger charge is 2.42. The summed E-state index contributed by atoms with van der Waals surface area (Å²) in [5, 5.41) is 3.56. The van der Waals surface area contributed by atoms with Crippen LogP contribution in [0.1, 0.15) is 38.7 Å². The van der Waals surface area contributed by atoms with E-state index in [0.29, 0.717) is 5.92 Å². The number of benzene rings is 1. The number of methoxy groups -OCH3 is 1. The standard InChI is InChI=1S/C16H25NO/c1-4-17-12-16(11-7-8-13(16)2)14-9-5-6-10-15(14)18-3/h5-6,9-10,13,17H,4,7-8,11-12H2,1-3H3. The van der Waals surface area contributed by atoms with Crippen molar-refractivity contribution >= 4 is 0 Å². The molecule has 0 aromatic heterocycles. The quantitative estimate of drug-likeness (QED) is 0.861. The predicted octanol–water partition coefficient (Wildman–Crippen LogP) is 3.36. The zero-order chi connectivity index (χ0) is 13.0. The Morgan fingerprint density at radius 3 is 2.78 bits per heavy atom. The van der Waals surface area contributed by atoms with E-state index in [1.807, 2.05) is 0 Å². The molecule has 0 amide bonds. The fraction of sp³-hybridized carbons (Fsp3) is 0.625. The molecule has 0 heterocycles. The minimum Gasteiger partial charge on any atom is -0.496 e. The van der Waals surface area contributed by atoms with Gasteiger partial charge in [0, 0.05) is 17.5 Å². The second kappa shape index (κ2) is 5.75. The minimum absolute atomic E-state index is 0.253. The second-order valence-electron chi connectivity index (χ2n) is 5.43. The van der Waals surface area contributed by atoms with Gasteiger partial charge in [-0.2, -0.15) is 0 Å². The van der Waals surface area contributed by atoms with Gasteiger partial charge in [0.2, 0.25) is 0 Å². The summed E-state index contributed by atoms with van der Waals surface area (Å²) in [6, 6.07) is 8.53. The predicted molar refractivity (Wildman–Crippen MR) is 76.2 cm³/mol. The Labute approximate surface area is 111 Å². The van der Waals surface area contributed by atoms with E-state index in [-0.39, 0.29) is 5.41 Å². The lowest BCUT2D eigenvalue weighted by molar-refractivity contribution is 0.303. The zero-order valence-corrected chi connectivity index (χ0v) is 11.8. The molecule has 0 bridgehead atoms. The highest BCUT2D eigenvalue weighted by molar-refractivity contribution is 5.41. The van der Waals surface area contributed by atoms with Crippen molar-refractivity contribution < 1.29 is 4.74 Å². The van der Waals surface area contributed by atoms with Crippen LogP contribution in [0.15, 0.2) is 24.3 Å². The molecule has 0 saturated heterocycles. The Morgan fingerprint density at radius 2 is 2.17 bits per heavy atom. The van der Waals surface area contributed by atoms with Crippen LogP contribution in [0.2, 0.25) is 0 Å². The van der Waals surface area contributed by atoms with Crippen molar-refractivity contribution in [1.82, 2.24) is 5.32 Å². The van der Waals surface area contributed by atoms with Gasteiger partial charge in [-0.3, -0.25) is 0 Å². The molecular formula is C16H25NO. The maximum absolute atomic E-state index is 5.58. The van der Waals surface area contributed by atoms with Crippen molar-refractivity contribution in [3.05, 3.63) is 29.8 Å². The van der Waals surface area contributed by atoms with Gasteiger partial charge >= 0.3 is 0 Å². The van der Waals surface area contributed by atoms with Crippen LogP contribution >= 0.6 is 0 Å². The van der Waals surface area contributed by atoms with Gasteiger partial charge in [0.15, 0.2) is 0 Å². The Hall–Kier alpha value is -1.02. The molecule has 1 aliphatic carbocycles. The van der Waals surface area contributed by atoms with Crippen LogP contribution < -0.4 is 10.1 Å². The Bertz CT molecular complexity index is 390. The highest BCUT2D eigenvalue weighted by Crippen LogP contribution is 2.48. The van der Waals surface area contributed by atoms with Crippen molar-refractivity contribution in [3.63, 3.8) is 0 Å². The van der Waals surface area contributed by atoms with Crippen LogP contribution in [0, 0.1) is 5.92 Å². The highest BCUT2D eigenvalue weighted by atomic mass is 16.5. The molecule has 1 N–H and O–H groups in total. The third-order valence-electron chi connectivity index (χ3n) is 4.54. The number of rotatable bonds is 5. The van der Waals surface area contributed by atoms with Crippen LogP contribution in [0.25, 0.3) is 0 Å². The molecule has 1 aromatic carbocycles. The number of likely N-dealkylation sites (N-methyl/N-ethyl adjacent to an activating group) is 1. The van der Waals surface area contributed by atoms with E-state index in [0.717, 1.165) is 18.8 Å². The average Bonchev–Trinajstić information content (AvgIpc) is 2.78. The summed E-state index contributed by atoms with van der Waals surface area (Å²) < 4.78 is 5.58. The van der Waals surface area contributed by atoms with Crippen molar-refractivity contribution in [2.24, 2.45) is 5.92 Å². The molecule has 0 radical (unpaired) electrons. The number of para-hydroxylation sites is 1. The van der Waals surface area contributed by atoms with Gasteiger partial charge in [0.1, 0.15) is 5.75 Å². The Balaban J connectivity index is 2.39. The normalized spacial score (nSPS) is 27.4. The van der Waals surface area contributed by atoms with Crippen LogP contribution in [0.4, 0.5) is 0 Å². The molecule has 2 unspecified atom stereocenters. The monoisotopic (exact) mass is 247 g/mol. The van der Waals surface area contributed by atoms with Gasteiger partial charge in [0.05, 0.1) is 7.11 Å². The third kappa shape index (κ3) is 2.26. The largest absolute Gasteiger partial charge is 0.496 e. The summed E-state index contributed by atoms with van der Waals surface area (Å²) in [5.74, 6) is 1.76. The molecule has 18 heavy (non-hydrogen) atoms. The van der Waals surface area contributed by atoms with Gasteiger partial charge in [-0.05, 0) is 31.4 Å². The van der Waals surface area contributed by atoms with Crippen molar-refractivity contribution in [3.8, 4) is 5.75 Å². The van der Waals surface area contributed by atoms with E-state index in [2.05, 4.69) is 43.4 Å². The Morgan fingerprint density at radius 1 is 1.39 bits per heavy atom. The molecule has 1 fully saturated rings. The molecule has 0 aliphatic heterocycles. The van der Waals surface area contributed by atoms with Crippen LogP contribution in [0.5, 0.6) is 5.75 Å². The summed E-state index contributed by atoms with van der Waals surface area (Å²) in [6.45, 7) is 6.65. The van der Waals surface area contributed by atoms with Gasteiger partial charge in [-0.15, -0.1) is 0 Å². The lowest BCUT2D eigenvalue weighted by Gasteiger charge is -2.36. The lowest BCUT2D eigenvalue weighted by Crippen LogP contribution is -2.40. The summed E-state index contributed by atoms with van der Waals surface area (Å²) in [4.78, 5) is 0. The number of ether oxygens (including phenoxy) is 1. The fourth-order valence-electron chi connectivity index (χ4n) is 3.41. The molecule has 2 rings (SSSR count). The molecule has 1 aliphatic rings. The first-order chi connectivity index (χ1) is 8.74.